The minimum atomic E-state index is 0. The van der Waals surface area contributed by atoms with Crippen LogP contribution in [0.1, 0.15) is 16.8 Å². The van der Waals surface area contributed by atoms with Crippen molar-refractivity contribution in [3.8, 4) is 0 Å². The molecule has 1 aliphatic heterocycles. The number of carbonyl (C=O) groups excluding carboxylic acids is 1. The number of nitrogens with one attached hydrogen (secondary N) is 1. The van der Waals surface area contributed by atoms with Crippen LogP contribution >= 0.6 is 24.2 Å². The van der Waals surface area contributed by atoms with Gasteiger partial charge in [-0.3, -0.25) is 4.79 Å². The van der Waals surface area contributed by atoms with Crippen LogP contribution in [0.2, 0.25) is 0 Å². The molecule has 0 aromatic heterocycles. The van der Waals surface area contributed by atoms with Gasteiger partial charge in [0.1, 0.15) is 0 Å². The van der Waals surface area contributed by atoms with E-state index in [4.69, 9.17) is 0 Å². The Hall–Kier alpha value is -0.710. The van der Waals surface area contributed by atoms with Crippen LogP contribution < -0.4 is 5.32 Å². The number of amides is 1. The predicted octanol–water partition coefficient (Wildman–Crippen LogP) is 2.51. The van der Waals surface area contributed by atoms with Gasteiger partial charge in [-0.1, -0.05) is 0 Å². The molecule has 0 radical (unpaired) electrons. The molecule has 106 valence electrons. The molecule has 1 amide bonds. The van der Waals surface area contributed by atoms with Gasteiger partial charge in [0, 0.05) is 23.5 Å². The van der Waals surface area contributed by atoms with E-state index < -0.39 is 0 Å². The fourth-order valence-corrected chi connectivity index (χ4v) is 2.80. The minimum absolute atomic E-state index is 0. The van der Waals surface area contributed by atoms with Crippen LogP contribution in [0.25, 0.3) is 0 Å². The molecule has 0 saturated carbocycles. The number of benzene rings is 1. The van der Waals surface area contributed by atoms with E-state index in [2.05, 4.69) is 5.32 Å². The Morgan fingerprint density at radius 2 is 2.11 bits per heavy atom. The summed E-state index contributed by atoms with van der Waals surface area (Å²) in [5, 5.41) is 3.18. The van der Waals surface area contributed by atoms with Crippen molar-refractivity contribution in [2.24, 2.45) is 5.92 Å². The molecule has 0 spiro atoms. The third-order valence-corrected chi connectivity index (χ3v) is 4.15. The second kappa shape index (κ2) is 7.78. The highest BCUT2D eigenvalue weighted by molar-refractivity contribution is 7.98. The van der Waals surface area contributed by atoms with Gasteiger partial charge in [-0.2, -0.15) is 0 Å². The first-order valence-corrected chi connectivity index (χ1v) is 7.55. The molecule has 1 atom stereocenters. The summed E-state index contributed by atoms with van der Waals surface area (Å²) in [5.41, 5.74) is 0.804. The largest absolute Gasteiger partial charge is 0.338 e. The molecule has 1 heterocycles. The maximum Gasteiger partial charge on any atom is 0.253 e. The standard InChI is InChI=1S/C14H20N2OS.ClH/c1-15-9-11-7-8-16(10-11)14(17)12-3-5-13(18-2)6-4-12;/h3-6,11,15H,7-10H2,1-2H3;1H. The van der Waals surface area contributed by atoms with Crippen molar-refractivity contribution < 1.29 is 4.79 Å². The fourth-order valence-electron chi connectivity index (χ4n) is 2.39. The second-order valence-electron chi connectivity index (χ2n) is 4.69. The molecule has 1 fully saturated rings. The van der Waals surface area contributed by atoms with Gasteiger partial charge in [-0.25, -0.2) is 0 Å². The minimum Gasteiger partial charge on any atom is -0.338 e. The number of hydrogen-bond acceptors (Lipinski definition) is 3. The summed E-state index contributed by atoms with van der Waals surface area (Å²) in [6.45, 7) is 2.76. The first-order valence-electron chi connectivity index (χ1n) is 6.32. The smallest absolute Gasteiger partial charge is 0.253 e. The Morgan fingerprint density at radius 1 is 1.42 bits per heavy atom. The lowest BCUT2D eigenvalue weighted by Gasteiger charge is -2.16. The number of likely N-dealkylation sites (tertiary alicyclic amines) is 1. The van der Waals surface area contributed by atoms with Crippen LogP contribution in [0.5, 0.6) is 0 Å². The van der Waals surface area contributed by atoms with Crippen LogP contribution in [0.3, 0.4) is 0 Å². The lowest BCUT2D eigenvalue weighted by atomic mass is 10.1. The molecule has 1 aromatic carbocycles. The van der Waals surface area contributed by atoms with E-state index >= 15 is 0 Å². The average Bonchev–Trinajstić information content (AvgIpc) is 2.87. The molecular formula is C14H21ClN2OS. The van der Waals surface area contributed by atoms with Crippen molar-refractivity contribution in [2.75, 3.05) is 32.9 Å². The van der Waals surface area contributed by atoms with Crippen molar-refractivity contribution in [3.63, 3.8) is 0 Å². The van der Waals surface area contributed by atoms with Gasteiger partial charge in [-0.15, -0.1) is 24.2 Å². The van der Waals surface area contributed by atoms with Crippen LogP contribution in [0, 0.1) is 5.92 Å². The molecule has 19 heavy (non-hydrogen) atoms. The predicted molar refractivity (Wildman–Crippen MR) is 83.4 cm³/mol. The van der Waals surface area contributed by atoms with Gasteiger partial charge in [0.15, 0.2) is 0 Å². The Balaban J connectivity index is 0.00000180. The van der Waals surface area contributed by atoms with E-state index in [1.54, 1.807) is 11.8 Å². The Bertz CT molecular complexity index is 410. The monoisotopic (exact) mass is 300 g/mol. The van der Waals surface area contributed by atoms with Gasteiger partial charge in [0.25, 0.3) is 5.91 Å². The third kappa shape index (κ3) is 4.13. The topological polar surface area (TPSA) is 32.3 Å². The summed E-state index contributed by atoms with van der Waals surface area (Å²) in [7, 11) is 1.96. The molecule has 1 aliphatic rings. The summed E-state index contributed by atoms with van der Waals surface area (Å²) in [4.78, 5) is 15.5. The molecule has 1 N–H and O–H groups in total. The van der Waals surface area contributed by atoms with Crippen molar-refractivity contribution in [1.82, 2.24) is 10.2 Å². The van der Waals surface area contributed by atoms with E-state index in [9.17, 15) is 4.79 Å². The first kappa shape index (κ1) is 16.3. The zero-order valence-electron chi connectivity index (χ0n) is 11.4. The molecule has 3 nitrogen and oxygen atoms in total. The molecule has 1 aromatic rings. The molecular weight excluding hydrogens is 280 g/mol. The van der Waals surface area contributed by atoms with Crippen LogP contribution in [0.4, 0.5) is 0 Å². The zero-order valence-corrected chi connectivity index (χ0v) is 13.0. The van der Waals surface area contributed by atoms with Gasteiger partial charge in [0.05, 0.1) is 0 Å². The molecule has 0 aliphatic carbocycles. The maximum absolute atomic E-state index is 12.3. The quantitative estimate of drug-likeness (QED) is 0.867. The molecule has 5 heteroatoms. The van der Waals surface area contributed by atoms with E-state index in [0.29, 0.717) is 5.92 Å². The summed E-state index contributed by atoms with van der Waals surface area (Å²) in [6, 6.07) is 7.89. The number of thioether (sulfide) groups is 1. The molecule has 0 bridgehead atoms. The van der Waals surface area contributed by atoms with Crippen molar-refractivity contribution >= 4 is 30.1 Å². The van der Waals surface area contributed by atoms with Gasteiger partial charge >= 0.3 is 0 Å². The van der Waals surface area contributed by atoms with Gasteiger partial charge in [-0.05, 0) is 56.5 Å². The van der Waals surface area contributed by atoms with Crippen molar-refractivity contribution in [1.29, 1.82) is 0 Å². The van der Waals surface area contributed by atoms with Crippen LogP contribution in [-0.4, -0.2) is 43.7 Å². The number of nitrogens with zero attached hydrogens (tertiary/aromatic N) is 1. The average molecular weight is 301 g/mol. The van der Waals surface area contributed by atoms with E-state index in [1.165, 1.54) is 4.90 Å². The highest BCUT2D eigenvalue weighted by Gasteiger charge is 2.26. The number of halogens is 1. The first-order chi connectivity index (χ1) is 8.74. The normalized spacial score (nSPS) is 18.2. The summed E-state index contributed by atoms with van der Waals surface area (Å²) in [6.07, 6.45) is 3.15. The number of carbonyl (C=O) groups is 1. The van der Waals surface area contributed by atoms with Crippen LogP contribution in [-0.2, 0) is 0 Å². The van der Waals surface area contributed by atoms with E-state index in [1.807, 2.05) is 42.5 Å². The van der Waals surface area contributed by atoms with Gasteiger partial charge < -0.3 is 10.2 Å². The Morgan fingerprint density at radius 3 is 2.68 bits per heavy atom. The SMILES string of the molecule is CNCC1CCN(C(=O)c2ccc(SC)cc2)C1.Cl. The third-order valence-electron chi connectivity index (χ3n) is 3.40. The molecule has 1 saturated heterocycles. The summed E-state index contributed by atoms with van der Waals surface area (Å²) < 4.78 is 0. The van der Waals surface area contributed by atoms with E-state index in [0.717, 1.165) is 31.6 Å². The highest BCUT2D eigenvalue weighted by Crippen LogP contribution is 2.20. The highest BCUT2D eigenvalue weighted by atomic mass is 35.5. The lowest BCUT2D eigenvalue weighted by molar-refractivity contribution is 0.0787. The fraction of sp³-hybridized carbons (Fsp3) is 0.500. The molecule has 1 unspecified atom stereocenters. The van der Waals surface area contributed by atoms with Crippen LogP contribution in [0.15, 0.2) is 29.2 Å². The number of rotatable bonds is 4. The Labute approximate surface area is 125 Å². The summed E-state index contributed by atoms with van der Waals surface area (Å²) in [5.74, 6) is 0.769. The zero-order chi connectivity index (χ0) is 13.0. The van der Waals surface area contributed by atoms with Gasteiger partial charge in [0.2, 0.25) is 0 Å². The summed E-state index contributed by atoms with van der Waals surface area (Å²) >= 11 is 1.70. The second-order valence-corrected chi connectivity index (χ2v) is 5.57. The van der Waals surface area contributed by atoms with E-state index in [-0.39, 0.29) is 18.3 Å². The maximum atomic E-state index is 12.3. The van der Waals surface area contributed by atoms with Crippen molar-refractivity contribution in [3.05, 3.63) is 29.8 Å². The Kier molecular flexibility index (Phi) is 6.69. The number of hydrogen-bond donors (Lipinski definition) is 1. The van der Waals surface area contributed by atoms with Crippen molar-refractivity contribution in [2.45, 2.75) is 11.3 Å². The molecule has 2 rings (SSSR count). The lowest BCUT2D eigenvalue weighted by Crippen LogP contribution is -2.30.